The Bertz CT molecular complexity index is 639. The number of nitrogens with zero attached hydrogens (tertiary/aromatic N) is 2. The third kappa shape index (κ3) is 3.71. The lowest BCUT2D eigenvalue weighted by molar-refractivity contribution is -0.130. The third-order valence-electron chi connectivity index (χ3n) is 4.60. The lowest BCUT2D eigenvalue weighted by atomic mass is 9.84. The molecular formula is C19H28N2O3. The van der Waals surface area contributed by atoms with Gasteiger partial charge < -0.3 is 14.5 Å². The van der Waals surface area contributed by atoms with Crippen molar-refractivity contribution < 1.29 is 14.3 Å². The highest BCUT2D eigenvalue weighted by Gasteiger charge is 2.27. The van der Waals surface area contributed by atoms with Crippen LogP contribution in [0.15, 0.2) is 12.1 Å². The minimum atomic E-state index is -0.110. The van der Waals surface area contributed by atoms with Crippen molar-refractivity contribution in [2.24, 2.45) is 0 Å². The molecule has 132 valence electrons. The second-order valence-corrected chi connectivity index (χ2v) is 7.42. The van der Waals surface area contributed by atoms with E-state index in [2.05, 4.69) is 20.8 Å². The number of carbonyl (C=O) groups excluding carboxylic acids is 2. The SMILES string of the molecule is COc1cc(C)c(C(=O)N2CCN(C(C)=O)CC2)cc1C(C)(C)C. The smallest absolute Gasteiger partial charge is 0.254 e. The molecule has 2 rings (SSSR count). The maximum absolute atomic E-state index is 13.0. The predicted octanol–water partition coefficient (Wildman–Crippen LogP) is 2.61. The number of rotatable bonds is 2. The van der Waals surface area contributed by atoms with E-state index >= 15 is 0 Å². The molecule has 1 saturated heterocycles. The number of benzene rings is 1. The van der Waals surface area contributed by atoms with Crippen molar-refractivity contribution in [2.75, 3.05) is 33.3 Å². The number of aryl methyl sites for hydroxylation is 1. The monoisotopic (exact) mass is 332 g/mol. The van der Waals surface area contributed by atoms with Gasteiger partial charge in [-0.05, 0) is 30.0 Å². The van der Waals surface area contributed by atoms with Crippen LogP contribution in [-0.2, 0) is 10.2 Å². The average molecular weight is 332 g/mol. The fourth-order valence-electron chi connectivity index (χ4n) is 3.06. The molecule has 0 unspecified atom stereocenters. The van der Waals surface area contributed by atoms with Crippen molar-refractivity contribution >= 4 is 11.8 Å². The van der Waals surface area contributed by atoms with E-state index in [1.807, 2.05) is 24.0 Å². The van der Waals surface area contributed by atoms with Crippen molar-refractivity contribution in [3.8, 4) is 5.75 Å². The number of carbonyl (C=O) groups is 2. The summed E-state index contributed by atoms with van der Waals surface area (Å²) in [5.74, 6) is 0.916. The van der Waals surface area contributed by atoms with E-state index in [-0.39, 0.29) is 17.2 Å². The summed E-state index contributed by atoms with van der Waals surface area (Å²) < 4.78 is 5.50. The molecule has 0 N–H and O–H groups in total. The van der Waals surface area contributed by atoms with Crippen LogP contribution in [0.1, 0.15) is 49.2 Å². The van der Waals surface area contributed by atoms with Gasteiger partial charge in [-0.2, -0.15) is 0 Å². The maximum Gasteiger partial charge on any atom is 0.254 e. The van der Waals surface area contributed by atoms with E-state index in [0.29, 0.717) is 26.2 Å². The number of hydrogen-bond donors (Lipinski definition) is 0. The molecule has 0 radical (unpaired) electrons. The minimum Gasteiger partial charge on any atom is -0.496 e. The summed E-state index contributed by atoms with van der Waals surface area (Å²) in [7, 11) is 1.66. The van der Waals surface area contributed by atoms with Gasteiger partial charge in [0.1, 0.15) is 5.75 Å². The first-order valence-electron chi connectivity index (χ1n) is 8.39. The molecule has 0 bridgehead atoms. The Morgan fingerprint density at radius 2 is 1.58 bits per heavy atom. The standard InChI is InChI=1S/C19H28N2O3/c1-13-11-17(24-6)16(19(3,4)5)12-15(13)18(23)21-9-7-20(8-10-21)14(2)22/h11-12H,7-10H2,1-6H3. The van der Waals surface area contributed by atoms with Gasteiger partial charge >= 0.3 is 0 Å². The molecule has 2 amide bonds. The Morgan fingerprint density at radius 3 is 2.04 bits per heavy atom. The summed E-state index contributed by atoms with van der Waals surface area (Å²) in [6.45, 7) is 12.2. The molecule has 1 aromatic carbocycles. The van der Waals surface area contributed by atoms with Crippen LogP contribution in [0.2, 0.25) is 0 Å². The summed E-state index contributed by atoms with van der Waals surface area (Å²) in [6.07, 6.45) is 0. The summed E-state index contributed by atoms with van der Waals surface area (Å²) in [6, 6.07) is 3.91. The molecule has 5 nitrogen and oxygen atoms in total. The molecule has 1 heterocycles. The molecule has 1 aliphatic rings. The highest BCUT2D eigenvalue weighted by atomic mass is 16.5. The molecule has 1 aromatic rings. The van der Waals surface area contributed by atoms with Crippen LogP contribution in [0.4, 0.5) is 0 Å². The summed E-state index contributed by atoms with van der Waals surface area (Å²) >= 11 is 0. The summed E-state index contributed by atoms with van der Waals surface area (Å²) in [5, 5.41) is 0. The minimum absolute atomic E-state index is 0.0313. The molecule has 5 heteroatoms. The Morgan fingerprint density at radius 1 is 1.04 bits per heavy atom. The van der Waals surface area contributed by atoms with Crippen LogP contribution in [0.5, 0.6) is 5.75 Å². The fraction of sp³-hybridized carbons (Fsp3) is 0.579. The second kappa shape index (κ2) is 6.83. The molecule has 1 aliphatic heterocycles. The quantitative estimate of drug-likeness (QED) is 0.836. The fourth-order valence-corrected chi connectivity index (χ4v) is 3.06. The molecule has 0 aliphatic carbocycles. The Kier molecular flexibility index (Phi) is 5.21. The predicted molar refractivity (Wildman–Crippen MR) is 94.6 cm³/mol. The van der Waals surface area contributed by atoms with Crippen LogP contribution >= 0.6 is 0 Å². The van der Waals surface area contributed by atoms with Gasteiger partial charge in [-0.1, -0.05) is 20.8 Å². The molecule has 0 atom stereocenters. The van der Waals surface area contributed by atoms with Crippen LogP contribution < -0.4 is 4.74 Å². The van der Waals surface area contributed by atoms with E-state index in [1.54, 1.807) is 18.9 Å². The molecule has 0 spiro atoms. The lowest BCUT2D eigenvalue weighted by Crippen LogP contribution is -2.50. The molecule has 0 saturated carbocycles. The normalized spacial score (nSPS) is 15.4. The van der Waals surface area contributed by atoms with E-state index in [9.17, 15) is 9.59 Å². The van der Waals surface area contributed by atoms with Crippen molar-refractivity contribution in [2.45, 2.75) is 40.0 Å². The van der Waals surface area contributed by atoms with Crippen molar-refractivity contribution in [3.05, 3.63) is 28.8 Å². The van der Waals surface area contributed by atoms with Gasteiger partial charge in [0, 0.05) is 44.2 Å². The Labute approximate surface area is 144 Å². The zero-order chi connectivity index (χ0) is 18.1. The van der Waals surface area contributed by atoms with Gasteiger partial charge in [0.25, 0.3) is 5.91 Å². The topological polar surface area (TPSA) is 49.9 Å². The number of methoxy groups -OCH3 is 1. The van der Waals surface area contributed by atoms with Crippen molar-refractivity contribution in [1.29, 1.82) is 0 Å². The lowest BCUT2D eigenvalue weighted by Gasteiger charge is -2.34. The van der Waals surface area contributed by atoms with Crippen LogP contribution in [0, 0.1) is 6.92 Å². The van der Waals surface area contributed by atoms with Crippen LogP contribution in [0.25, 0.3) is 0 Å². The van der Waals surface area contributed by atoms with E-state index in [0.717, 1.165) is 22.4 Å². The van der Waals surface area contributed by atoms with Crippen LogP contribution in [0.3, 0.4) is 0 Å². The van der Waals surface area contributed by atoms with Gasteiger partial charge in [-0.25, -0.2) is 0 Å². The van der Waals surface area contributed by atoms with Crippen LogP contribution in [-0.4, -0.2) is 54.9 Å². The van der Waals surface area contributed by atoms with Gasteiger partial charge in [-0.3, -0.25) is 9.59 Å². The Hall–Kier alpha value is -2.04. The third-order valence-corrected chi connectivity index (χ3v) is 4.60. The highest BCUT2D eigenvalue weighted by molar-refractivity contribution is 5.96. The number of ether oxygens (including phenoxy) is 1. The number of amides is 2. The zero-order valence-electron chi connectivity index (χ0n) is 15.6. The molecular weight excluding hydrogens is 304 g/mol. The largest absolute Gasteiger partial charge is 0.496 e. The first kappa shape index (κ1) is 18.3. The van der Waals surface area contributed by atoms with E-state index < -0.39 is 0 Å². The first-order chi connectivity index (χ1) is 11.1. The summed E-state index contributed by atoms with van der Waals surface area (Å²) in [4.78, 5) is 28.0. The highest BCUT2D eigenvalue weighted by Crippen LogP contribution is 2.34. The van der Waals surface area contributed by atoms with Crippen molar-refractivity contribution in [3.63, 3.8) is 0 Å². The van der Waals surface area contributed by atoms with E-state index in [4.69, 9.17) is 4.74 Å². The number of hydrogen-bond acceptors (Lipinski definition) is 3. The van der Waals surface area contributed by atoms with Gasteiger partial charge in [0.05, 0.1) is 7.11 Å². The van der Waals surface area contributed by atoms with Gasteiger partial charge in [0.15, 0.2) is 0 Å². The van der Waals surface area contributed by atoms with E-state index in [1.165, 1.54) is 0 Å². The second-order valence-electron chi connectivity index (χ2n) is 7.42. The maximum atomic E-state index is 13.0. The van der Waals surface area contributed by atoms with Crippen molar-refractivity contribution in [1.82, 2.24) is 9.80 Å². The average Bonchev–Trinajstić information content (AvgIpc) is 2.52. The first-order valence-corrected chi connectivity index (χ1v) is 8.39. The zero-order valence-corrected chi connectivity index (χ0v) is 15.6. The van der Waals surface area contributed by atoms with Gasteiger partial charge in [-0.15, -0.1) is 0 Å². The number of piperazine rings is 1. The molecule has 0 aromatic heterocycles. The van der Waals surface area contributed by atoms with Gasteiger partial charge in [0.2, 0.25) is 5.91 Å². The Balaban J connectivity index is 2.28. The summed E-state index contributed by atoms with van der Waals surface area (Å²) in [5.41, 5.74) is 2.55. The molecule has 24 heavy (non-hydrogen) atoms. The molecule has 1 fully saturated rings.